The lowest BCUT2D eigenvalue weighted by atomic mass is 10.2. The molecule has 11 heteroatoms. The van der Waals surface area contributed by atoms with Crippen LogP contribution in [0.3, 0.4) is 0 Å². The van der Waals surface area contributed by atoms with Gasteiger partial charge in [-0.05, 0) is 42.5 Å². The molecule has 0 aliphatic heterocycles. The van der Waals surface area contributed by atoms with Crippen LogP contribution in [0.25, 0.3) is 22.8 Å². The molecular formula is C25H24N4O7. The summed E-state index contributed by atoms with van der Waals surface area (Å²) in [6.45, 7) is -0.238. The molecule has 1 amide bonds. The third-order valence-corrected chi connectivity index (χ3v) is 5.32. The summed E-state index contributed by atoms with van der Waals surface area (Å²) in [4.78, 5) is 30.1. The number of hydrogen-bond donors (Lipinski definition) is 1. The number of methoxy groups -OCH3 is 4. The normalized spacial score (nSPS) is 10.6. The van der Waals surface area contributed by atoms with Gasteiger partial charge in [-0.1, -0.05) is 5.16 Å². The van der Waals surface area contributed by atoms with Crippen LogP contribution in [-0.2, 0) is 11.3 Å². The maximum Gasteiger partial charge on any atom is 0.263 e. The first kappa shape index (κ1) is 24.3. The van der Waals surface area contributed by atoms with Gasteiger partial charge in [-0.15, -0.1) is 0 Å². The van der Waals surface area contributed by atoms with Crippen LogP contribution in [0.5, 0.6) is 23.0 Å². The molecule has 36 heavy (non-hydrogen) atoms. The molecule has 0 radical (unpaired) electrons. The lowest BCUT2D eigenvalue weighted by molar-refractivity contribution is -0.116. The quantitative estimate of drug-likeness (QED) is 0.375. The topological polar surface area (TPSA) is 127 Å². The van der Waals surface area contributed by atoms with E-state index in [1.54, 1.807) is 48.5 Å². The molecule has 1 N–H and O–H groups in total. The van der Waals surface area contributed by atoms with Crippen molar-refractivity contribution < 1.29 is 28.3 Å². The molecule has 0 aliphatic rings. The summed E-state index contributed by atoms with van der Waals surface area (Å²) in [5, 5.41) is 6.72. The molecule has 11 nitrogen and oxygen atoms in total. The zero-order chi connectivity index (χ0) is 25.7. The first-order valence-electron chi connectivity index (χ1n) is 10.7. The summed E-state index contributed by atoms with van der Waals surface area (Å²) in [7, 11) is 6.08. The zero-order valence-corrected chi connectivity index (χ0v) is 20.1. The smallest absolute Gasteiger partial charge is 0.263 e. The maximum absolute atomic E-state index is 13.1. The summed E-state index contributed by atoms with van der Waals surface area (Å²) in [5.74, 6) is 1.94. The van der Waals surface area contributed by atoms with Gasteiger partial charge in [0.1, 0.15) is 23.6 Å². The Kier molecular flexibility index (Phi) is 7.19. The Labute approximate surface area is 206 Å². The molecule has 0 bridgehead atoms. The van der Waals surface area contributed by atoms with Crippen molar-refractivity contribution in [3.8, 4) is 45.8 Å². The number of carbonyl (C=O) groups excluding carboxylic acids is 1. The highest BCUT2D eigenvalue weighted by Crippen LogP contribution is 2.32. The van der Waals surface area contributed by atoms with E-state index in [2.05, 4.69) is 15.5 Å². The van der Waals surface area contributed by atoms with Gasteiger partial charge in [0.2, 0.25) is 11.7 Å². The standard InChI is InChI=1S/C25H24N4O7/c1-32-16-8-9-18(20(13-16)34-3)26-22(30)14-29-11-5-6-17(25(29)31)24-27-23(28-36-24)15-7-10-19(33-2)21(12-15)35-4/h5-13H,14H2,1-4H3,(H,26,30). The Morgan fingerprint density at radius 2 is 1.72 bits per heavy atom. The van der Waals surface area contributed by atoms with Gasteiger partial charge in [-0.3, -0.25) is 9.59 Å². The molecule has 0 saturated heterocycles. The molecule has 2 heterocycles. The van der Waals surface area contributed by atoms with E-state index in [1.807, 2.05) is 0 Å². The number of hydrogen-bond acceptors (Lipinski definition) is 9. The fraction of sp³-hybridized carbons (Fsp3) is 0.200. The highest BCUT2D eigenvalue weighted by atomic mass is 16.5. The van der Waals surface area contributed by atoms with Gasteiger partial charge in [0.15, 0.2) is 11.5 Å². The van der Waals surface area contributed by atoms with E-state index >= 15 is 0 Å². The average Bonchev–Trinajstić information content (AvgIpc) is 3.39. The van der Waals surface area contributed by atoms with Crippen molar-refractivity contribution in [1.29, 1.82) is 0 Å². The van der Waals surface area contributed by atoms with Crippen molar-refractivity contribution in [2.75, 3.05) is 33.8 Å². The number of nitrogens with one attached hydrogen (secondary N) is 1. The van der Waals surface area contributed by atoms with Crippen molar-refractivity contribution in [3.05, 3.63) is 65.1 Å². The lowest BCUT2D eigenvalue weighted by Gasteiger charge is -2.12. The second kappa shape index (κ2) is 10.6. The third kappa shape index (κ3) is 4.99. The average molecular weight is 492 g/mol. The number of aromatic nitrogens is 3. The molecule has 0 fully saturated rings. The third-order valence-electron chi connectivity index (χ3n) is 5.32. The van der Waals surface area contributed by atoms with Crippen molar-refractivity contribution >= 4 is 11.6 Å². The summed E-state index contributed by atoms with van der Waals surface area (Å²) in [5.41, 5.74) is 0.763. The van der Waals surface area contributed by atoms with Crippen LogP contribution in [0.4, 0.5) is 5.69 Å². The molecule has 4 aromatic rings. The second-order valence-electron chi connectivity index (χ2n) is 7.46. The Morgan fingerprint density at radius 1 is 0.944 bits per heavy atom. The first-order valence-corrected chi connectivity index (χ1v) is 10.7. The van der Waals surface area contributed by atoms with E-state index in [0.717, 1.165) is 0 Å². The van der Waals surface area contributed by atoms with E-state index in [9.17, 15) is 9.59 Å². The molecule has 0 saturated carbocycles. The second-order valence-corrected chi connectivity index (χ2v) is 7.46. The first-order chi connectivity index (χ1) is 17.5. The van der Waals surface area contributed by atoms with E-state index in [1.165, 1.54) is 39.2 Å². The number of nitrogens with zero attached hydrogens (tertiary/aromatic N) is 3. The molecule has 2 aromatic heterocycles. The van der Waals surface area contributed by atoms with Crippen LogP contribution in [0.15, 0.2) is 64.0 Å². The van der Waals surface area contributed by atoms with Crippen molar-refractivity contribution in [3.63, 3.8) is 0 Å². The van der Waals surface area contributed by atoms with E-state index in [0.29, 0.717) is 34.2 Å². The summed E-state index contributed by atoms with van der Waals surface area (Å²) in [6.07, 6.45) is 1.50. The number of benzene rings is 2. The van der Waals surface area contributed by atoms with E-state index in [-0.39, 0.29) is 23.8 Å². The molecule has 0 unspecified atom stereocenters. The Bertz CT molecular complexity index is 1440. The number of amides is 1. The largest absolute Gasteiger partial charge is 0.497 e. The van der Waals surface area contributed by atoms with E-state index in [4.69, 9.17) is 23.5 Å². The molecule has 2 aromatic carbocycles. The number of pyridine rings is 1. The van der Waals surface area contributed by atoms with Gasteiger partial charge < -0.3 is 33.4 Å². The Morgan fingerprint density at radius 3 is 2.44 bits per heavy atom. The van der Waals surface area contributed by atoms with Gasteiger partial charge in [-0.25, -0.2) is 0 Å². The molecule has 0 atom stereocenters. The number of ether oxygens (including phenoxy) is 4. The van der Waals surface area contributed by atoms with Gasteiger partial charge in [0.25, 0.3) is 11.4 Å². The number of anilines is 1. The number of carbonyl (C=O) groups is 1. The van der Waals surface area contributed by atoms with Gasteiger partial charge in [0, 0.05) is 17.8 Å². The van der Waals surface area contributed by atoms with Crippen molar-refractivity contribution in [2.45, 2.75) is 6.54 Å². The van der Waals surface area contributed by atoms with E-state index < -0.39 is 11.5 Å². The lowest BCUT2D eigenvalue weighted by Crippen LogP contribution is -2.28. The van der Waals surface area contributed by atoms with Crippen LogP contribution in [0.1, 0.15) is 0 Å². The predicted octanol–water partition coefficient (Wildman–Crippen LogP) is 3.24. The van der Waals surface area contributed by atoms with Crippen molar-refractivity contribution in [2.24, 2.45) is 0 Å². The van der Waals surface area contributed by atoms with Crippen LogP contribution in [0, 0.1) is 0 Å². The Balaban J connectivity index is 1.55. The maximum atomic E-state index is 13.1. The van der Waals surface area contributed by atoms with Crippen LogP contribution < -0.4 is 29.8 Å². The van der Waals surface area contributed by atoms with Gasteiger partial charge in [0.05, 0.1) is 34.1 Å². The summed E-state index contributed by atoms with van der Waals surface area (Å²) < 4.78 is 27.6. The van der Waals surface area contributed by atoms with Crippen LogP contribution >= 0.6 is 0 Å². The van der Waals surface area contributed by atoms with Crippen LogP contribution in [-0.4, -0.2) is 49.1 Å². The minimum Gasteiger partial charge on any atom is -0.497 e. The minimum atomic E-state index is -0.461. The van der Waals surface area contributed by atoms with Crippen LogP contribution in [0.2, 0.25) is 0 Å². The van der Waals surface area contributed by atoms with Gasteiger partial charge >= 0.3 is 0 Å². The SMILES string of the molecule is COc1ccc(NC(=O)Cn2cccc(-c3nc(-c4ccc(OC)c(OC)c4)no3)c2=O)c(OC)c1. The monoisotopic (exact) mass is 492 g/mol. The molecule has 0 spiro atoms. The summed E-state index contributed by atoms with van der Waals surface area (Å²) >= 11 is 0. The zero-order valence-electron chi connectivity index (χ0n) is 20.1. The molecule has 4 rings (SSSR count). The fourth-order valence-corrected chi connectivity index (χ4v) is 3.50. The highest BCUT2D eigenvalue weighted by molar-refractivity contribution is 5.92. The van der Waals surface area contributed by atoms with Crippen molar-refractivity contribution in [1.82, 2.24) is 14.7 Å². The Hall–Kier alpha value is -4.80. The summed E-state index contributed by atoms with van der Waals surface area (Å²) in [6, 6.07) is 13.3. The van der Waals surface area contributed by atoms with Gasteiger partial charge in [-0.2, -0.15) is 4.98 Å². The number of rotatable bonds is 9. The fourth-order valence-electron chi connectivity index (χ4n) is 3.50. The molecule has 0 aliphatic carbocycles. The predicted molar refractivity (Wildman–Crippen MR) is 131 cm³/mol. The molecule has 186 valence electrons. The molecular weight excluding hydrogens is 468 g/mol. The minimum absolute atomic E-state index is 0.0244. The highest BCUT2D eigenvalue weighted by Gasteiger charge is 2.18.